The highest BCUT2D eigenvalue weighted by molar-refractivity contribution is 6.04. The fraction of sp³-hybridized carbons (Fsp3) is 0.0690. The molecule has 0 fully saturated rings. The number of nitrogens with one attached hydrogen (secondary N) is 2. The van der Waals surface area contributed by atoms with Gasteiger partial charge in [-0.3, -0.25) is 9.59 Å². The molecule has 5 heteroatoms. The second-order valence-corrected chi connectivity index (χ2v) is 7.85. The standard InChI is InChI=1S/C29H25N3O2/c1-21(27(22-11-5-2-6-12-22)23-13-7-3-8-14-23)31-32-29(34)25-17-19-26(20-18-25)30-28(33)24-15-9-4-10-16-24/h2-20,27H,1H3,(H,30,33)(H,32,34)/b31-21+. The van der Waals surface area contributed by atoms with Crippen molar-refractivity contribution in [1.82, 2.24) is 5.43 Å². The largest absolute Gasteiger partial charge is 0.322 e. The van der Waals surface area contributed by atoms with E-state index in [4.69, 9.17) is 0 Å². The minimum atomic E-state index is -0.319. The van der Waals surface area contributed by atoms with Crippen LogP contribution in [0.2, 0.25) is 0 Å². The van der Waals surface area contributed by atoms with Crippen LogP contribution in [0.1, 0.15) is 44.7 Å². The lowest BCUT2D eigenvalue weighted by molar-refractivity contribution is 0.0954. The molecule has 0 saturated carbocycles. The van der Waals surface area contributed by atoms with E-state index >= 15 is 0 Å². The van der Waals surface area contributed by atoms with Crippen molar-refractivity contribution in [2.75, 3.05) is 5.32 Å². The Balaban J connectivity index is 1.45. The molecule has 0 aliphatic rings. The summed E-state index contributed by atoms with van der Waals surface area (Å²) in [7, 11) is 0. The van der Waals surface area contributed by atoms with Crippen LogP contribution in [-0.2, 0) is 0 Å². The highest BCUT2D eigenvalue weighted by Crippen LogP contribution is 2.26. The first-order valence-corrected chi connectivity index (χ1v) is 11.0. The Kier molecular flexibility index (Phi) is 7.25. The third-order valence-electron chi connectivity index (χ3n) is 5.46. The van der Waals surface area contributed by atoms with Gasteiger partial charge in [0.2, 0.25) is 0 Å². The van der Waals surface area contributed by atoms with E-state index in [1.807, 2.05) is 61.5 Å². The predicted molar refractivity (Wildman–Crippen MR) is 136 cm³/mol. The SMILES string of the molecule is C/C(=N\NC(=O)c1ccc(NC(=O)c2ccccc2)cc1)C(c1ccccc1)c1ccccc1. The van der Waals surface area contributed by atoms with Gasteiger partial charge in [-0.05, 0) is 54.4 Å². The molecule has 168 valence electrons. The molecule has 0 spiro atoms. The smallest absolute Gasteiger partial charge is 0.271 e. The zero-order chi connectivity index (χ0) is 23.8. The summed E-state index contributed by atoms with van der Waals surface area (Å²) >= 11 is 0. The number of nitrogens with zero attached hydrogens (tertiary/aromatic N) is 1. The molecular weight excluding hydrogens is 422 g/mol. The number of anilines is 1. The second kappa shape index (κ2) is 10.9. The van der Waals surface area contributed by atoms with E-state index in [0.717, 1.165) is 16.8 Å². The normalized spacial score (nSPS) is 11.2. The monoisotopic (exact) mass is 447 g/mol. The van der Waals surface area contributed by atoms with E-state index < -0.39 is 0 Å². The number of rotatable bonds is 7. The van der Waals surface area contributed by atoms with Gasteiger partial charge in [-0.25, -0.2) is 5.43 Å². The minimum absolute atomic E-state index is 0.0710. The van der Waals surface area contributed by atoms with E-state index in [1.165, 1.54) is 0 Å². The Bertz CT molecular complexity index is 1230. The van der Waals surface area contributed by atoms with Crippen LogP contribution in [-0.4, -0.2) is 17.5 Å². The molecule has 0 heterocycles. The van der Waals surface area contributed by atoms with E-state index in [2.05, 4.69) is 40.1 Å². The Labute approximate surface area is 199 Å². The molecule has 0 aliphatic heterocycles. The summed E-state index contributed by atoms with van der Waals surface area (Å²) in [5.74, 6) is -0.593. The summed E-state index contributed by atoms with van der Waals surface area (Å²) in [4.78, 5) is 25.0. The van der Waals surface area contributed by atoms with E-state index in [9.17, 15) is 9.59 Å². The van der Waals surface area contributed by atoms with Crippen LogP contribution in [0.3, 0.4) is 0 Å². The predicted octanol–water partition coefficient (Wildman–Crippen LogP) is 5.88. The van der Waals surface area contributed by atoms with Crippen molar-refractivity contribution in [2.45, 2.75) is 12.8 Å². The fourth-order valence-electron chi connectivity index (χ4n) is 3.73. The van der Waals surface area contributed by atoms with Gasteiger partial charge < -0.3 is 5.32 Å². The zero-order valence-electron chi connectivity index (χ0n) is 18.8. The maximum Gasteiger partial charge on any atom is 0.271 e. The molecule has 0 radical (unpaired) electrons. The Hall–Kier alpha value is -4.51. The third kappa shape index (κ3) is 5.64. The van der Waals surface area contributed by atoms with E-state index in [0.29, 0.717) is 16.8 Å². The summed E-state index contributed by atoms with van der Waals surface area (Å²) in [6.07, 6.45) is 0. The van der Waals surface area contributed by atoms with Crippen LogP contribution < -0.4 is 10.7 Å². The van der Waals surface area contributed by atoms with E-state index in [1.54, 1.807) is 36.4 Å². The lowest BCUT2D eigenvalue weighted by Crippen LogP contribution is -2.22. The van der Waals surface area contributed by atoms with Crippen LogP contribution in [0, 0.1) is 0 Å². The highest BCUT2D eigenvalue weighted by Gasteiger charge is 2.18. The highest BCUT2D eigenvalue weighted by atomic mass is 16.2. The van der Waals surface area contributed by atoms with Gasteiger partial charge in [-0.15, -0.1) is 0 Å². The molecule has 0 aromatic heterocycles. The lowest BCUT2D eigenvalue weighted by Gasteiger charge is -2.18. The van der Waals surface area contributed by atoms with Gasteiger partial charge in [0.15, 0.2) is 0 Å². The van der Waals surface area contributed by atoms with Crippen LogP contribution in [0.25, 0.3) is 0 Å². The van der Waals surface area contributed by atoms with Gasteiger partial charge >= 0.3 is 0 Å². The second-order valence-electron chi connectivity index (χ2n) is 7.85. The molecule has 0 aliphatic carbocycles. The summed E-state index contributed by atoms with van der Waals surface area (Å²) in [5, 5.41) is 7.24. The molecule has 2 amide bonds. The first-order valence-electron chi connectivity index (χ1n) is 11.0. The molecule has 4 aromatic rings. The topological polar surface area (TPSA) is 70.6 Å². The fourth-order valence-corrected chi connectivity index (χ4v) is 3.73. The van der Waals surface area contributed by atoms with Crippen molar-refractivity contribution in [1.29, 1.82) is 0 Å². The van der Waals surface area contributed by atoms with Crippen molar-refractivity contribution in [2.24, 2.45) is 5.10 Å². The van der Waals surface area contributed by atoms with Gasteiger partial charge in [0.25, 0.3) is 11.8 Å². The molecule has 0 atom stereocenters. The van der Waals surface area contributed by atoms with Crippen molar-refractivity contribution < 1.29 is 9.59 Å². The van der Waals surface area contributed by atoms with Gasteiger partial charge in [0, 0.05) is 28.4 Å². The van der Waals surface area contributed by atoms with Gasteiger partial charge in [0.05, 0.1) is 0 Å². The van der Waals surface area contributed by atoms with Gasteiger partial charge in [0.1, 0.15) is 0 Å². The first kappa shape index (κ1) is 22.7. The third-order valence-corrected chi connectivity index (χ3v) is 5.46. The molecular formula is C29H25N3O2. The van der Waals surface area contributed by atoms with Crippen LogP contribution >= 0.6 is 0 Å². The van der Waals surface area contributed by atoms with Crippen molar-refractivity contribution in [3.63, 3.8) is 0 Å². The van der Waals surface area contributed by atoms with Crippen molar-refractivity contribution >= 4 is 23.2 Å². The summed E-state index contributed by atoms with van der Waals surface area (Å²) < 4.78 is 0. The molecule has 5 nitrogen and oxygen atoms in total. The number of hydrogen-bond donors (Lipinski definition) is 2. The first-order chi connectivity index (χ1) is 16.6. The van der Waals surface area contributed by atoms with Crippen LogP contribution in [0.4, 0.5) is 5.69 Å². The Morgan fingerprint density at radius 1 is 0.618 bits per heavy atom. The van der Waals surface area contributed by atoms with Crippen molar-refractivity contribution in [3.8, 4) is 0 Å². The van der Waals surface area contributed by atoms with Gasteiger partial charge in [-0.1, -0.05) is 78.9 Å². The van der Waals surface area contributed by atoms with E-state index in [-0.39, 0.29) is 17.7 Å². The molecule has 0 saturated heterocycles. The lowest BCUT2D eigenvalue weighted by atomic mass is 9.88. The van der Waals surface area contributed by atoms with Gasteiger partial charge in [-0.2, -0.15) is 5.10 Å². The quantitative estimate of drug-likeness (QED) is 0.274. The molecule has 0 unspecified atom stereocenters. The number of hydrazone groups is 1. The number of carbonyl (C=O) groups excluding carboxylic acids is 2. The summed E-state index contributed by atoms with van der Waals surface area (Å²) in [6.45, 7) is 1.91. The van der Waals surface area contributed by atoms with Crippen LogP contribution in [0.15, 0.2) is 120 Å². The molecule has 4 aromatic carbocycles. The number of carbonyl (C=O) groups is 2. The number of hydrogen-bond acceptors (Lipinski definition) is 3. The maximum absolute atomic E-state index is 12.7. The minimum Gasteiger partial charge on any atom is -0.322 e. The zero-order valence-corrected chi connectivity index (χ0v) is 18.8. The number of benzene rings is 4. The molecule has 2 N–H and O–H groups in total. The number of amides is 2. The van der Waals surface area contributed by atoms with Crippen molar-refractivity contribution in [3.05, 3.63) is 138 Å². The molecule has 4 rings (SSSR count). The molecule has 34 heavy (non-hydrogen) atoms. The maximum atomic E-state index is 12.7. The molecule has 0 bridgehead atoms. The summed E-state index contributed by atoms with van der Waals surface area (Å²) in [5.41, 5.74) is 7.27. The Morgan fingerprint density at radius 2 is 1.09 bits per heavy atom. The average molecular weight is 448 g/mol. The van der Waals surface area contributed by atoms with Crippen LogP contribution in [0.5, 0.6) is 0 Å². The average Bonchev–Trinajstić information content (AvgIpc) is 2.89. The Morgan fingerprint density at radius 3 is 1.62 bits per heavy atom. The summed E-state index contributed by atoms with van der Waals surface area (Å²) in [6, 6.07) is 35.8.